The Morgan fingerprint density at radius 2 is 1.27 bits per heavy atom. The zero-order valence-electron chi connectivity index (χ0n) is 17.4. The number of hydrogen-bond donors (Lipinski definition) is 2. The van der Waals surface area contributed by atoms with Crippen molar-refractivity contribution in [2.75, 3.05) is 11.5 Å². The van der Waals surface area contributed by atoms with Crippen LogP contribution in [0.1, 0.15) is 37.8 Å². The molecule has 6 heteroatoms. The fraction of sp³-hybridized carbons (Fsp3) is 0.250. The smallest absolute Gasteiger partial charge is 0.224 e. The topological polar surface area (TPSA) is 104 Å². The maximum atomic E-state index is 6.10. The normalized spacial score (nSPS) is 11.1. The van der Waals surface area contributed by atoms with Crippen LogP contribution in [0.2, 0.25) is 0 Å². The van der Waals surface area contributed by atoms with Gasteiger partial charge in [0, 0.05) is 11.1 Å². The third kappa shape index (κ3) is 3.94. The minimum atomic E-state index is 0.0951. The van der Waals surface area contributed by atoms with Gasteiger partial charge in [-0.1, -0.05) is 63.1 Å². The Morgan fingerprint density at radius 3 is 1.83 bits per heavy atom. The molecule has 0 aliphatic rings. The van der Waals surface area contributed by atoms with E-state index in [1.165, 1.54) is 11.1 Å². The van der Waals surface area contributed by atoms with Crippen LogP contribution in [0.5, 0.6) is 0 Å². The number of rotatable bonds is 6. The predicted octanol–water partition coefficient (Wildman–Crippen LogP) is 4.82. The zero-order valence-corrected chi connectivity index (χ0v) is 17.4. The van der Waals surface area contributed by atoms with Crippen molar-refractivity contribution in [3.05, 3.63) is 59.7 Å². The van der Waals surface area contributed by atoms with Crippen LogP contribution < -0.4 is 11.5 Å². The van der Waals surface area contributed by atoms with Crippen LogP contribution in [0.15, 0.2) is 48.5 Å². The van der Waals surface area contributed by atoms with Gasteiger partial charge in [-0.3, -0.25) is 0 Å². The van der Waals surface area contributed by atoms with Gasteiger partial charge in [0.15, 0.2) is 17.0 Å². The molecule has 0 bridgehead atoms. The van der Waals surface area contributed by atoms with Gasteiger partial charge in [-0.25, -0.2) is 9.97 Å². The molecule has 2 heterocycles. The summed E-state index contributed by atoms with van der Waals surface area (Å²) in [6.45, 7) is 4.35. The molecule has 2 aromatic carbocycles. The minimum Gasteiger partial charge on any atom is -0.382 e. The number of hydrogen-bond acceptors (Lipinski definition) is 6. The van der Waals surface area contributed by atoms with Crippen molar-refractivity contribution in [1.29, 1.82) is 0 Å². The molecule has 2 aromatic heterocycles. The van der Waals surface area contributed by atoms with E-state index < -0.39 is 0 Å². The second-order valence-electron chi connectivity index (χ2n) is 7.46. The molecule has 6 nitrogen and oxygen atoms in total. The van der Waals surface area contributed by atoms with Crippen molar-refractivity contribution < 1.29 is 0 Å². The molecule has 0 fully saturated rings. The highest BCUT2D eigenvalue weighted by molar-refractivity contribution is 5.89. The van der Waals surface area contributed by atoms with Gasteiger partial charge in [0.05, 0.1) is 11.4 Å². The fourth-order valence-corrected chi connectivity index (χ4v) is 3.71. The molecule has 152 valence electrons. The van der Waals surface area contributed by atoms with E-state index in [1.807, 2.05) is 0 Å². The summed E-state index contributed by atoms with van der Waals surface area (Å²) < 4.78 is 0. The summed E-state index contributed by atoms with van der Waals surface area (Å²) in [4.78, 5) is 18.1. The molecule has 0 aliphatic heterocycles. The monoisotopic (exact) mass is 398 g/mol. The molecule has 0 radical (unpaired) electrons. The molecule has 0 spiro atoms. The molecule has 0 saturated heterocycles. The summed E-state index contributed by atoms with van der Waals surface area (Å²) in [7, 11) is 0. The van der Waals surface area contributed by atoms with Gasteiger partial charge in [-0.05, 0) is 36.1 Å². The van der Waals surface area contributed by atoms with E-state index in [4.69, 9.17) is 21.4 Å². The second kappa shape index (κ2) is 8.45. The van der Waals surface area contributed by atoms with Crippen LogP contribution in [0.3, 0.4) is 0 Å². The van der Waals surface area contributed by atoms with Crippen LogP contribution in [0.4, 0.5) is 11.8 Å². The van der Waals surface area contributed by atoms with Crippen molar-refractivity contribution in [3.63, 3.8) is 0 Å². The SMILES string of the molecule is CCCc1cccc(-c2nc3nc(N)nc(N)c3nc2-c2cccc(CCC)c2)c1. The maximum absolute atomic E-state index is 6.10. The number of nitrogen functional groups attached to an aromatic ring is 2. The zero-order chi connectivity index (χ0) is 21.1. The number of nitrogens with zero attached hydrogens (tertiary/aromatic N) is 4. The second-order valence-corrected chi connectivity index (χ2v) is 7.46. The van der Waals surface area contributed by atoms with Gasteiger partial charge in [-0.15, -0.1) is 0 Å². The Balaban J connectivity index is 1.98. The minimum absolute atomic E-state index is 0.0951. The molecule has 0 unspecified atom stereocenters. The van der Waals surface area contributed by atoms with E-state index in [-0.39, 0.29) is 11.8 Å². The number of anilines is 2. The largest absolute Gasteiger partial charge is 0.382 e. The van der Waals surface area contributed by atoms with Gasteiger partial charge < -0.3 is 11.5 Å². The summed E-state index contributed by atoms with van der Waals surface area (Å²) >= 11 is 0. The molecular weight excluding hydrogens is 372 g/mol. The Morgan fingerprint density at radius 1 is 0.700 bits per heavy atom. The molecule has 0 saturated carbocycles. The van der Waals surface area contributed by atoms with E-state index in [2.05, 4.69) is 72.3 Å². The predicted molar refractivity (Wildman–Crippen MR) is 123 cm³/mol. The average molecular weight is 399 g/mol. The van der Waals surface area contributed by atoms with Crippen LogP contribution >= 0.6 is 0 Å². The number of fused-ring (bicyclic) bond motifs is 1. The highest BCUT2D eigenvalue weighted by atomic mass is 15.1. The highest BCUT2D eigenvalue weighted by Crippen LogP contribution is 2.33. The van der Waals surface area contributed by atoms with Gasteiger partial charge in [0.2, 0.25) is 5.95 Å². The van der Waals surface area contributed by atoms with Crippen molar-refractivity contribution >= 4 is 22.9 Å². The quantitative estimate of drug-likeness (QED) is 0.482. The highest BCUT2D eigenvalue weighted by Gasteiger charge is 2.17. The number of nitrogens with two attached hydrogens (primary N) is 2. The van der Waals surface area contributed by atoms with Crippen molar-refractivity contribution in [2.45, 2.75) is 39.5 Å². The van der Waals surface area contributed by atoms with Crippen molar-refractivity contribution in [2.24, 2.45) is 0 Å². The fourth-order valence-electron chi connectivity index (χ4n) is 3.71. The third-order valence-electron chi connectivity index (χ3n) is 5.05. The van der Waals surface area contributed by atoms with Crippen LogP contribution in [-0.2, 0) is 12.8 Å². The Bertz CT molecular complexity index is 1200. The maximum Gasteiger partial charge on any atom is 0.224 e. The first kappa shape index (κ1) is 19.8. The van der Waals surface area contributed by atoms with Gasteiger partial charge in [-0.2, -0.15) is 9.97 Å². The van der Waals surface area contributed by atoms with Gasteiger partial charge in [0.1, 0.15) is 0 Å². The lowest BCUT2D eigenvalue weighted by atomic mass is 9.99. The first-order chi connectivity index (χ1) is 14.6. The lowest BCUT2D eigenvalue weighted by Gasteiger charge is -2.13. The summed E-state index contributed by atoms with van der Waals surface area (Å²) in [6, 6.07) is 16.9. The van der Waals surface area contributed by atoms with E-state index >= 15 is 0 Å². The summed E-state index contributed by atoms with van der Waals surface area (Å²) in [5.74, 6) is 0.333. The first-order valence-corrected chi connectivity index (χ1v) is 10.4. The molecular formula is C24H26N6. The average Bonchev–Trinajstić information content (AvgIpc) is 2.74. The number of aryl methyl sites for hydroxylation is 2. The van der Waals surface area contributed by atoms with Gasteiger partial charge >= 0.3 is 0 Å². The van der Waals surface area contributed by atoms with E-state index in [9.17, 15) is 0 Å². The third-order valence-corrected chi connectivity index (χ3v) is 5.05. The molecule has 0 aliphatic carbocycles. The summed E-state index contributed by atoms with van der Waals surface area (Å²) in [6.07, 6.45) is 4.19. The summed E-state index contributed by atoms with van der Waals surface area (Å²) in [5.41, 5.74) is 18.9. The lowest BCUT2D eigenvalue weighted by Crippen LogP contribution is -2.05. The first-order valence-electron chi connectivity index (χ1n) is 10.4. The Hall–Kier alpha value is -3.54. The van der Waals surface area contributed by atoms with Crippen LogP contribution in [0, 0.1) is 0 Å². The van der Waals surface area contributed by atoms with E-state index in [0.29, 0.717) is 11.2 Å². The van der Waals surface area contributed by atoms with Crippen molar-refractivity contribution in [3.8, 4) is 22.5 Å². The molecule has 4 N–H and O–H groups in total. The van der Waals surface area contributed by atoms with Gasteiger partial charge in [0.25, 0.3) is 0 Å². The Labute approximate surface area is 176 Å². The number of aromatic nitrogens is 4. The molecule has 30 heavy (non-hydrogen) atoms. The standard InChI is InChI=1S/C24H26N6/c1-3-7-15-9-5-11-17(13-15)19-20(18-12-6-10-16(14-18)8-4-2)28-23-21(27-19)22(25)29-24(26)30-23/h5-6,9-14H,3-4,7-8H2,1-2H3,(H4,25,26,28,29,30). The molecule has 4 aromatic rings. The molecule has 0 amide bonds. The van der Waals surface area contributed by atoms with E-state index in [0.717, 1.165) is 48.2 Å². The number of benzene rings is 2. The van der Waals surface area contributed by atoms with Crippen molar-refractivity contribution in [1.82, 2.24) is 19.9 Å². The Kier molecular flexibility index (Phi) is 5.57. The molecule has 4 rings (SSSR count). The van der Waals surface area contributed by atoms with Crippen LogP contribution in [-0.4, -0.2) is 19.9 Å². The molecule has 0 atom stereocenters. The van der Waals surface area contributed by atoms with E-state index in [1.54, 1.807) is 0 Å². The lowest BCUT2D eigenvalue weighted by molar-refractivity contribution is 0.921. The van der Waals surface area contributed by atoms with Crippen LogP contribution in [0.25, 0.3) is 33.7 Å². The summed E-state index contributed by atoms with van der Waals surface area (Å²) in [5, 5.41) is 0.